The van der Waals surface area contributed by atoms with Gasteiger partial charge in [0.15, 0.2) is 0 Å². The molecule has 98 valence electrons. The zero-order valence-corrected chi connectivity index (χ0v) is 11.2. The van der Waals surface area contributed by atoms with Crippen LogP contribution in [0.4, 0.5) is 4.39 Å². The standard InChI is InChI=1S/C13H18BFO3/c1-12(2)13(3,4)18-14(17-12)11-9(8-16)6-5-7-10(11)15/h5-7,16H,8H2,1-4H3. The van der Waals surface area contributed by atoms with E-state index >= 15 is 0 Å². The average Bonchev–Trinajstić information content (AvgIpc) is 2.47. The Morgan fingerprint density at radius 3 is 2.22 bits per heavy atom. The summed E-state index contributed by atoms with van der Waals surface area (Å²) in [7, 11) is -0.779. The Morgan fingerprint density at radius 2 is 1.72 bits per heavy atom. The first-order valence-electron chi connectivity index (χ1n) is 6.02. The molecule has 0 aliphatic carbocycles. The van der Waals surface area contributed by atoms with E-state index in [9.17, 15) is 9.50 Å². The lowest BCUT2D eigenvalue weighted by molar-refractivity contribution is 0.00578. The zero-order chi connectivity index (χ0) is 13.6. The number of benzene rings is 1. The highest BCUT2D eigenvalue weighted by Crippen LogP contribution is 2.36. The molecule has 1 aliphatic heterocycles. The summed E-state index contributed by atoms with van der Waals surface area (Å²) in [6.07, 6.45) is 0. The van der Waals surface area contributed by atoms with Crippen LogP contribution < -0.4 is 5.46 Å². The third-order valence-electron chi connectivity index (χ3n) is 3.80. The van der Waals surface area contributed by atoms with E-state index in [0.717, 1.165) is 0 Å². The van der Waals surface area contributed by atoms with Gasteiger partial charge in [0.05, 0.1) is 17.8 Å². The number of rotatable bonds is 2. The SMILES string of the molecule is CC1(C)OB(c2c(F)cccc2CO)OC1(C)C. The lowest BCUT2D eigenvalue weighted by Gasteiger charge is -2.32. The van der Waals surface area contributed by atoms with Crippen LogP contribution in [0.3, 0.4) is 0 Å². The summed E-state index contributed by atoms with van der Waals surface area (Å²) in [4.78, 5) is 0. The van der Waals surface area contributed by atoms with E-state index in [1.54, 1.807) is 12.1 Å². The molecule has 18 heavy (non-hydrogen) atoms. The largest absolute Gasteiger partial charge is 0.498 e. The van der Waals surface area contributed by atoms with Crippen molar-refractivity contribution in [2.24, 2.45) is 0 Å². The van der Waals surface area contributed by atoms with Gasteiger partial charge in [0.2, 0.25) is 0 Å². The molecule has 0 unspecified atom stereocenters. The fourth-order valence-electron chi connectivity index (χ4n) is 1.94. The number of aliphatic hydroxyl groups excluding tert-OH is 1. The summed E-state index contributed by atoms with van der Waals surface area (Å²) < 4.78 is 25.5. The van der Waals surface area contributed by atoms with Crippen molar-refractivity contribution in [2.75, 3.05) is 0 Å². The van der Waals surface area contributed by atoms with Gasteiger partial charge in [0, 0.05) is 5.46 Å². The molecule has 0 saturated carbocycles. The summed E-state index contributed by atoms with van der Waals surface area (Å²) >= 11 is 0. The minimum absolute atomic E-state index is 0.239. The van der Waals surface area contributed by atoms with E-state index in [1.165, 1.54) is 6.07 Å². The first kappa shape index (κ1) is 13.5. The summed E-state index contributed by atoms with van der Waals surface area (Å²) in [5.74, 6) is -0.417. The summed E-state index contributed by atoms with van der Waals surface area (Å²) in [6.45, 7) is 7.40. The van der Waals surface area contributed by atoms with Crippen LogP contribution in [0.2, 0.25) is 0 Å². The average molecular weight is 252 g/mol. The normalized spacial score (nSPS) is 21.3. The van der Waals surface area contributed by atoms with Crippen molar-refractivity contribution in [1.82, 2.24) is 0 Å². The topological polar surface area (TPSA) is 38.7 Å². The number of aliphatic hydroxyl groups is 1. The van der Waals surface area contributed by atoms with E-state index in [-0.39, 0.29) is 6.61 Å². The Labute approximate surface area is 107 Å². The lowest BCUT2D eigenvalue weighted by Crippen LogP contribution is -2.41. The summed E-state index contributed by atoms with van der Waals surface area (Å²) in [5, 5.41) is 9.29. The lowest BCUT2D eigenvalue weighted by atomic mass is 9.75. The van der Waals surface area contributed by atoms with Crippen LogP contribution in [0.5, 0.6) is 0 Å². The summed E-state index contributed by atoms with van der Waals surface area (Å²) in [5.41, 5.74) is -0.258. The van der Waals surface area contributed by atoms with Gasteiger partial charge in [-0.25, -0.2) is 4.39 Å². The van der Waals surface area contributed by atoms with Crippen LogP contribution >= 0.6 is 0 Å². The van der Waals surface area contributed by atoms with Crippen molar-refractivity contribution >= 4 is 12.6 Å². The second-order valence-corrected chi connectivity index (χ2v) is 5.56. The van der Waals surface area contributed by atoms with Crippen LogP contribution in [0, 0.1) is 5.82 Å². The Bertz CT molecular complexity index is 444. The fourth-order valence-corrected chi connectivity index (χ4v) is 1.94. The predicted octanol–water partition coefficient (Wildman–Crippen LogP) is 1.62. The molecular formula is C13H18BFO3. The molecular weight excluding hydrogens is 234 g/mol. The highest BCUT2D eigenvalue weighted by molar-refractivity contribution is 6.62. The number of halogens is 1. The molecule has 1 aliphatic rings. The van der Waals surface area contributed by atoms with Crippen LogP contribution in [0.25, 0.3) is 0 Å². The molecule has 2 rings (SSSR count). The van der Waals surface area contributed by atoms with E-state index < -0.39 is 24.1 Å². The maximum atomic E-state index is 13.9. The van der Waals surface area contributed by atoms with Gasteiger partial charge in [-0.1, -0.05) is 12.1 Å². The Morgan fingerprint density at radius 1 is 1.17 bits per heavy atom. The molecule has 0 aromatic heterocycles. The maximum Gasteiger partial charge on any atom is 0.498 e. The van der Waals surface area contributed by atoms with Crippen LogP contribution in [-0.2, 0) is 15.9 Å². The van der Waals surface area contributed by atoms with Crippen LogP contribution in [0.15, 0.2) is 18.2 Å². The molecule has 1 N–H and O–H groups in total. The quantitative estimate of drug-likeness (QED) is 0.813. The van der Waals surface area contributed by atoms with E-state index in [1.807, 2.05) is 27.7 Å². The third kappa shape index (κ3) is 2.07. The highest BCUT2D eigenvalue weighted by atomic mass is 19.1. The monoisotopic (exact) mass is 252 g/mol. The second-order valence-electron chi connectivity index (χ2n) is 5.56. The fraction of sp³-hybridized carbons (Fsp3) is 0.538. The molecule has 1 saturated heterocycles. The number of hydrogen-bond donors (Lipinski definition) is 1. The molecule has 3 nitrogen and oxygen atoms in total. The molecule has 1 fully saturated rings. The van der Waals surface area contributed by atoms with E-state index in [4.69, 9.17) is 9.31 Å². The Kier molecular flexibility index (Phi) is 3.26. The zero-order valence-electron chi connectivity index (χ0n) is 11.2. The Hall–Kier alpha value is -0.905. The molecule has 0 amide bonds. The van der Waals surface area contributed by atoms with Crippen LogP contribution in [-0.4, -0.2) is 23.4 Å². The van der Waals surface area contributed by atoms with Gasteiger partial charge < -0.3 is 14.4 Å². The van der Waals surface area contributed by atoms with Gasteiger partial charge >= 0.3 is 7.12 Å². The van der Waals surface area contributed by atoms with Gasteiger partial charge in [-0.15, -0.1) is 0 Å². The van der Waals surface area contributed by atoms with Gasteiger partial charge in [-0.2, -0.15) is 0 Å². The van der Waals surface area contributed by atoms with Crippen molar-refractivity contribution < 1.29 is 18.8 Å². The van der Waals surface area contributed by atoms with Crippen molar-refractivity contribution in [3.63, 3.8) is 0 Å². The molecule has 1 aromatic carbocycles. The van der Waals surface area contributed by atoms with E-state index in [2.05, 4.69) is 0 Å². The van der Waals surface area contributed by atoms with Crippen molar-refractivity contribution in [3.05, 3.63) is 29.6 Å². The summed E-state index contributed by atoms with van der Waals surface area (Å²) in [6, 6.07) is 4.58. The molecule has 1 aromatic rings. The minimum Gasteiger partial charge on any atom is -0.399 e. The molecule has 0 spiro atoms. The molecule has 0 bridgehead atoms. The van der Waals surface area contributed by atoms with Gasteiger partial charge in [-0.3, -0.25) is 0 Å². The Balaban J connectivity index is 2.41. The first-order chi connectivity index (χ1) is 8.28. The van der Waals surface area contributed by atoms with E-state index in [0.29, 0.717) is 11.0 Å². The smallest absolute Gasteiger partial charge is 0.399 e. The van der Waals surface area contributed by atoms with Crippen molar-refractivity contribution in [3.8, 4) is 0 Å². The van der Waals surface area contributed by atoms with Crippen molar-refractivity contribution in [1.29, 1.82) is 0 Å². The second kappa shape index (κ2) is 4.33. The van der Waals surface area contributed by atoms with Crippen LogP contribution in [0.1, 0.15) is 33.3 Å². The van der Waals surface area contributed by atoms with Gasteiger partial charge in [-0.05, 0) is 39.3 Å². The van der Waals surface area contributed by atoms with Gasteiger partial charge in [0.1, 0.15) is 5.82 Å². The van der Waals surface area contributed by atoms with Crippen molar-refractivity contribution in [2.45, 2.75) is 45.5 Å². The maximum absolute atomic E-state index is 13.9. The first-order valence-corrected chi connectivity index (χ1v) is 6.02. The van der Waals surface area contributed by atoms with Gasteiger partial charge in [0.25, 0.3) is 0 Å². The predicted molar refractivity (Wildman–Crippen MR) is 68.0 cm³/mol. The molecule has 0 radical (unpaired) electrons. The number of hydrogen-bond acceptors (Lipinski definition) is 3. The third-order valence-corrected chi connectivity index (χ3v) is 3.80. The minimum atomic E-state index is -0.779. The molecule has 0 atom stereocenters. The molecule has 1 heterocycles. The highest BCUT2D eigenvalue weighted by Gasteiger charge is 2.52. The molecule has 5 heteroatoms.